The summed E-state index contributed by atoms with van der Waals surface area (Å²) in [6.45, 7) is 5.02. The van der Waals surface area contributed by atoms with Gasteiger partial charge in [-0.1, -0.05) is 6.92 Å². The van der Waals surface area contributed by atoms with E-state index in [1.807, 2.05) is 13.8 Å². The molecule has 1 rings (SSSR count). The molecule has 0 spiro atoms. The van der Waals surface area contributed by atoms with Gasteiger partial charge in [-0.05, 0) is 13.3 Å². The molecule has 0 aliphatic heterocycles. The second kappa shape index (κ2) is 6.17. The summed E-state index contributed by atoms with van der Waals surface area (Å²) in [5, 5.41) is 8.90. The van der Waals surface area contributed by atoms with Crippen molar-refractivity contribution in [1.29, 1.82) is 0 Å². The van der Waals surface area contributed by atoms with Gasteiger partial charge in [0.05, 0.1) is 17.9 Å². The van der Waals surface area contributed by atoms with Gasteiger partial charge in [-0.2, -0.15) is 0 Å². The van der Waals surface area contributed by atoms with Crippen molar-refractivity contribution in [2.45, 2.75) is 26.7 Å². The number of hydrogen-bond donors (Lipinski definition) is 1. The summed E-state index contributed by atoms with van der Waals surface area (Å²) in [5.41, 5.74) is 0.761. The molecule has 0 aliphatic carbocycles. The van der Waals surface area contributed by atoms with Gasteiger partial charge in [0.1, 0.15) is 5.82 Å². The molecule has 0 fully saturated rings. The van der Waals surface area contributed by atoms with Crippen LogP contribution >= 0.6 is 0 Å². The highest BCUT2D eigenvalue weighted by Crippen LogP contribution is 2.06. The molecule has 0 amide bonds. The first-order valence-electron chi connectivity index (χ1n) is 5.34. The van der Waals surface area contributed by atoms with Gasteiger partial charge in [-0.3, -0.25) is 0 Å². The van der Waals surface area contributed by atoms with Crippen LogP contribution in [0, 0.1) is 0 Å². The van der Waals surface area contributed by atoms with Crippen molar-refractivity contribution in [2.75, 3.05) is 13.2 Å². The molecular weight excluding hydrogens is 208 g/mol. The molecule has 0 atom stereocenters. The number of aromatic carboxylic acids is 1. The van der Waals surface area contributed by atoms with Crippen molar-refractivity contribution < 1.29 is 14.6 Å². The molecule has 0 aliphatic rings. The molecule has 0 radical (unpaired) electrons. The van der Waals surface area contributed by atoms with Crippen LogP contribution in [-0.4, -0.2) is 34.3 Å². The fourth-order valence-electron chi connectivity index (χ4n) is 1.33. The largest absolute Gasteiger partial charge is 0.478 e. The monoisotopic (exact) mass is 224 g/mol. The van der Waals surface area contributed by atoms with Crippen molar-refractivity contribution in [3.8, 4) is 0 Å². The van der Waals surface area contributed by atoms with Gasteiger partial charge in [0, 0.05) is 19.2 Å². The fourth-order valence-corrected chi connectivity index (χ4v) is 1.33. The Bertz CT molecular complexity index is 366. The normalized spacial score (nSPS) is 10.4. The molecule has 1 heterocycles. The van der Waals surface area contributed by atoms with Crippen LogP contribution in [0.25, 0.3) is 0 Å². The zero-order valence-corrected chi connectivity index (χ0v) is 9.56. The topological polar surface area (TPSA) is 72.3 Å². The van der Waals surface area contributed by atoms with Crippen LogP contribution in [0.5, 0.6) is 0 Å². The molecule has 1 aromatic heterocycles. The number of rotatable bonds is 6. The molecule has 16 heavy (non-hydrogen) atoms. The second-order valence-corrected chi connectivity index (χ2v) is 3.25. The number of nitrogens with zero attached hydrogens (tertiary/aromatic N) is 2. The smallest absolute Gasteiger partial charge is 0.339 e. The van der Waals surface area contributed by atoms with Gasteiger partial charge >= 0.3 is 5.97 Å². The van der Waals surface area contributed by atoms with Crippen LogP contribution < -0.4 is 0 Å². The Morgan fingerprint density at radius 2 is 2.25 bits per heavy atom. The van der Waals surface area contributed by atoms with Crippen LogP contribution in [0.4, 0.5) is 0 Å². The molecule has 0 saturated heterocycles. The van der Waals surface area contributed by atoms with Gasteiger partial charge in [-0.25, -0.2) is 14.8 Å². The van der Waals surface area contributed by atoms with E-state index in [-0.39, 0.29) is 5.56 Å². The van der Waals surface area contributed by atoms with E-state index < -0.39 is 5.97 Å². The van der Waals surface area contributed by atoms with E-state index in [9.17, 15) is 4.79 Å². The summed E-state index contributed by atoms with van der Waals surface area (Å²) in [4.78, 5) is 19.1. The van der Waals surface area contributed by atoms with Gasteiger partial charge in [-0.15, -0.1) is 0 Å². The minimum Gasteiger partial charge on any atom is -0.478 e. The summed E-state index contributed by atoms with van der Waals surface area (Å²) in [7, 11) is 0. The highest BCUT2D eigenvalue weighted by atomic mass is 16.5. The number of aryl methyl sites for hydroxylation is 1. The van der Waals surface area contributed by atoms with E-state index in [1.54, 1.807) is 0 Å². The summed E-state index contributed by atoms with van der Waals surface area (Å²) < 4.78 is 5.19. The number of carbonyl (C=O) groups is 1. The first-order valence-corrected chi connectivity index (χ1v) is 5.34. The molecule has 88 valence electrons. The number of aromatic nitrogens is 2. The SMILES string of the molecule is CCOCCc1ncc(C(=O)O)c(CC)n1. The van der Waals surface area contributed by atoms with Gasteiger partial charge in [0.25, 0.3) is 0 Å². The third-order valence-corrected chi connectivity index (χ3v) is 2.16. The summed E-state index contributed by atoms with van der Waals surface area (Å²) in [6, 6.07) is 0. The number of ether oxygens (including phenoxy) is 1. The minimum absolute atomic E-state index is 0.183. The lowest BCUT2D eigenvalue weighted by Crippen LogP contribution is -2.10. The van der Waals surface area contributed by atoms with E-state index in [0.29, 0.717) is 37.6 Å². The molecule has 0 aromatic carbocycles. The molecule has 1 aromatic rings. The lowest BCUT2D eigenvalue weighted by atomic mass is 10.2. The maximum Gasteiger partial charge on any atom is 0.339 e. The zero-order chi connectivity index (χ0) is 12.0. The molecule has 1 N–H and O–H groups in total. The van der Waals surface area contributed by atoms with Crippen molar-refractivity contribution in [3.05, 3.63) is 23.3 Å². The standard InChI is InChI=1S/C11H16N2O3/c1-3-9-8(11(14)15)7-12-10(13-9)5-6-16-4-2/h7H,3-6H2,1-2H3,(H,14,15). The average Bonchev–Trinajstić information content (AvgIpc) is 2.29. The molecule has 5 heteroatoms. The Labute approximate surface area is 94.5 Å². The van der Waals surface area contributed by atoms with Crippen molar-refractivity contribution >= 4 is 5.97 Å². The van der Waals surface area contributed by atoms with Crippen molar-refractivity contribution in [2.24, 2.45) is 0 Å². The molecule has 0 saturated carbocycles. The fraction of sp³-hybridized carbons (Fsp3) is 0.545. The quantitative estimate of drug-likeness (QED) is 0.738. The number of carboxylic acids is 1. The Morgan fingerprint density at radius 1 is 1.50 bits per heavy atom. The highest BCUT2D eigenvalue weighted by Gasteiger charge is 2.11. The predicted molar refractivity (Wildman–Crippen MR) is 58.6 cm³/mol. The second-order valence-electron chi connectivity index (χ2n) is 3.25. The van der Waals surface area contributed by atoms with E-state index in [0.717, 1.165) is 0 Å². The van der Waals surface area contributed by atoms with Crippen LogP contribution in [-0.2, 0) is 17.6 Å². The van der Waals surface area contributed by atoms with Crippen molar-refractivity contribution in [1.82, 2.24) is 9.97 Å². The average molecular weight is 224 g/mol. The van der Waals surface area contributed by atoms with Crippen LogP contribution in [0.2, 0.25) is 0 Å². The van der Waals surface area contributed by atoms with Gasteiger partial charge < -0.3 is 9.84 Å². The van der Waals surface area contributed by atoms with Crippen LogP contribution in [0.3, 0.4) is 0 Å². The zero-order valence-electron chi connectivity index (χ0n) is 9.56. The van der Waals surface area contributed by atoms with Crippen LogP contribution in [0.1, 0.15) is 35.7 Å². The maximum atomic E-state index is 10.8. The van der Waals surface area contributed by atoms with Crippen molar-refractivity contribution in [3.63, 3.8) is 0 Å². The summed E-state index contributed by atoms with van der Waals surface area (Å²) >= 11 is 0. The molecular formula is C11H16N2O3. The van der Waals surface area contributed by atoms with E-state index in [2.05, 4.69) is 9.97 Å². The molecule has 5 nitrogen and oxygen atoms in total. The maximum absolute atomic E-state index is 10.8. The lowest BCUT2D eigenvalue weighted by Gasteiger charge is -2.05. The van der Waals surface area contributed by atoms with E-state index in [1.165, 1.54) is 6.20 Å². The Morgan fingerprint density at radius 3 is 2.81 bits per heavy atom. The Hall–Kier alpha value is -1.49. The Kier molecular flexibility index (Phi) is 4.85. The first-order chi connectivity index (χ1) is 7.69. The van der Waals surface area contributed by atoms with E-state index in [4.69, 9.17) is 9.84 Å². The third kappa shape index (κ3) is 3.27. The summed E-state index contributed by atoms with van der Waals surface area (Å²) in [5.74, 6) is -0.344. The minimum atomic E-state index is -0.979. The van der Waals surface area contributed by atoms with Crippen LogP contribution in [0.15, 0.2) is 6.20 Å². The number of hydrogen-bond acceptors (Lipinski definition) is 4. The predicted octanol–water partition coefficient (Wildman–Crippen LogP) is 1.32. The molecule has 0 unspecified atom stereocenters. The Balaban J connectivity index is 2.78. The summed E-state index contributed by atoms with van der Waals surface area (Å²) in [6.07, 6.45) is 2.57. The molecule has 0 bridgehead atoms. The first kappa shape index (κ1) is 12.6. The van der Waals surface area contributed by atoms with Gasteiger partial charge in [0.2, 0.25) is 0 Å². The third-order valence-electron chi connectivity index (χ3n) is 2.16. The number of carboxylic acid groups (broad SMARTS) is 1. The highest BCUT2D eigenvalue weighted by molar-refractivity contribution is 5.88. The van der Waals surface area contributed by atoms with E-state index >= 15 is 0 Å². The van der Waals surface area contributed by atoms with Gasteiger partial charge in [0.15, 0.2) is 0 Å². The lowest BCUT2D eigenvalue weighted by molar-refractivity contribution is 0.0694.